The second-order valence-electron chi connectivity index (χ2n) is 4.78. The summed E-state index contributed by atoms with van der Waals surface area (Å²) >= 11 is 0. The van der Waals surface area contributed by atoms with Crippen LogP contribution < -0.4 is 4.90 Å². The fraction of sp³-hybridized carbons (Fsp3) is 0.357. The number of hydrogen-bond acceptors (Lipinski definition) is 2. The molecule has 0 atom stereocenters. The van der Waals surface area contributed by atoms with Crippen LogP contribution in [0.15, 0.2) is 24.4 Å². The van der Waals surface area contributed by atoms with Gasteiger partial charge in [-0.25, -0.2) is 0 Å². The van der Waals surface area contributed by atoms with Gasteiger partial charge in [0.05, 0.1) is 6.20 Å². The van der Waals surface area contributed by atoms with Gasteiger partial charge in [0.25, 0.3) is 0 Å². The van der Waals surface area contributed by atoms with Crippen molar-refractivity contribution in [1.82, 2.24) is 9.78 Å². The summed E-state index contributed by atoms with van der Waals surface area (Å²) in [6, 6.07) is 6.73. The number of nitrogens with zero attached hydrogens (tertiary/aromatic N) is 3. The molecular weight excluding hydrogens is 210 g/mol. The van der Waals surface area contributed by atoms with Crippen LogP contribution in [0.2, 0.25) is 0 Å². The fourth-order valence-electron chi connectivity index (χ4n) is 2.52. The van der Waals surface area contributed by atoms with E-state index >= 15 is 0 Å². The Morgan fingerprint density at radius 3 is 2.76 bits per heavy atom. The zero-order valence-electron chi connectivity index (χ0n) is 10.6. The Balaban J connectivity index is 2.09. The van der Waals surface area contributed by atoms with Crippen LogP contribution >= 0.6 is 0 Å². The monoisotopic (exact) mass is 227 g/mol. The number of anilines is 1. The lowest BCUT2D eigenvalue weighted by Crippen LogP contribution is -2.12. The van der Waals surface area contributed by atoms with Crippen LogP contribution in [-0.2, 0) is 13.5 Å². The smallest absolute Gasteiger partial charge is 0.0571 e. The van der Waals surface area contributed by atoms with E-state index in [1.54, 1.807) is 0 Å². The molecule has 3 rings (SSSR count). The minimum atomic E-state index is 1.13. The number of fused-ring (bicyclic) bond motifs is 1. The minimum absolute atomic E-state index is 1.13. The van der Waals surface area contributed by atoms with Crippen LogP contribution in [0.3, 0.4) is 0 Å². The van der Waals surface area contributed by atoms with Crippen LogP contribution in [0, 0.1) is 6.92 Å². The van der Waals surface area contributed by atoms with E-state index in [0.717, 1.165) is 13.0 Å². The lowest BCUT2D eigenvalue weighted by molar-refractivity contribution is 0.740. The fourth-order valence-corrected chi connectivity index (χ4v) is 2.52. The Labute approximate surface area is 102 Å². The number of likely N-dealkylation sites (N-methyl/N-ethyl adjacent to an activating group) is 1. The molecule has 1 aliphatic heterocycles. The standard InChI is InChI=1S/C14H17N3/c1-10-13(9-15-17(10)3)11-4-5-14-12(8-11)6-7-16(14)2/h4-5,8-9H,6-7H2,1-3H3. The Morgan fingerprint density at radius 1 is 1.24 bits per heavy atom. The summed E-state index contributed by atoms with van der Waals surface area (Å²) in [5.74, 6) is 0. The molecule has 3 nitrogen and oxygen atoms in total. The van der Waals surface area contributed by atoms with Crippen molar-refractivity contribution >= 4 is 5.69 Å². The highest BCUT2D eigenvalue weighted by Crippen LogP contribution is 2.32. The molecule has 1 aliphatic rings. The summed E-state index contributed by atoms with van der Waals surface area (Å²) in [6.45, 7) is 3.24. The molecule has 0 aliphatic carbocycles. The summed E-state index contributed by atoms with van der Waals surface area (Å²) < 4.78 is 1.93. The van der Waals surface area contributed by atoms with Gasteiger partial charge >= 0.3 is 0 Å². The first-order valence-corrected chi connectivity index (χ1v) is 6.00. The molecule has 0 saturated carbocycles. The van der Waals surface area contributed by atoms with E-state index in [2.05, 4.69) is 42.2 Å². The Kier molecular flexibility index (Phi) is 2.21. The van der Waals surface area contributed by atoms with Gasteiger partial charge in [-0.2, -0.15) is 5.10 Å². The van der Waals surface area contributed by atoms with E-state index in [9.17, 15) is 0 Å². The van der Waals surface area contributed by atoms with Crippen LogP contribution in [0.4, 0.5) is 5.69 Å². The summed E-state index contributed by atoms with van der Waals surface area (Å²) in [4.78, 5) is 2.31. The molecule has 0 spiro atoms. The number of rotatable bonds is 1. The van der Waals surface area contributed by atoms with Gasteiger partial charge in [-0.05, 0) is 36.6 Å². The van der Waals surface area contributed by atoms with Crippen LogP contribution in [0.1, 0.15) is 11.3 Å². The summed E-state index contributed by atoms with van der Waals surface area (Å²) in [5, 5.41) is 4.31. The van der Waals surface area contributed by atoms with Gasteiger partial charge in [0.2, 0.25) is 0 Å². The van der Waals surface area contributed by atoms with Crippen molar-refractivity contribution in [2.24, 2.45) is 7.05 Å². The predicted octanol–water partition coefficient (Wildman–Crippen LogP) is 2.39. The van der Waals surface area contributed by atoms with E-state index in [4.69, 9.17) is 0 Å². The van der Waals surface area contributed by atoms with E-state index in [0.29, 0.717) is 0 Å². The lowest BCUT2D eigenvalue weighted by atomic mass is 10.0. The Bertz CT molecular complexity index is 569. The largest absolute Gasteiger partial charge is 0.374 e. The van der Waals surface area contributed by atoms with Gasteiger partial charge in [-0.3, -0.25) is 4.68 Å². The molecular formula is C14H17N3. The minimum Gasteiger partial charge on any atom is -0.374 e. The Hall–Kier alpha value is -1.77. The molecule has 1 aromatic carbocycles. The SMILES string of the molecule is Cc1c(-c2ccc3c(c2)CCN3C)cnn1C. The second kappa shape index (κ2) is 3.62. The molecule has 1 aromatic heterocycles. The van der Waals surface area contributed by atoms with E-state index in [1.807, 2.05) is 17.9 Å². The van der Waals surface area contributed by atoms with Crippen molar-refractivity contribution in [3.05, 3.63) is 35.7 Å². The molecule has 2 heterocycles. The number of aromatic nitrogens is 2. The first kappa shape index (κ1) is 10.4. The summed E-state index contributed by atoms with van der Waals surface area (Å²) in [5.41, 5.74) is 6.56. The first-order chi connectivity index (χ1) is 8.16. The third-order valence-corrected chi connectivity index (χ3v) is 3.75. The molecule has 2 aromatic rings. The van der Waals surface area contributed by atoms with Crippen molar-refractivity contribution in [3.63, 3.8) is 0 Å². The summed E-state index contributed by atoms with van der Waals surface area (Å²) in [6.07, 6.45) is 3.11. The molecule has 0 amide bonds. The van der Waals surface area contributed by atoms with Crippen LogP contribution in [0.5, 0.6) is 0 Å². The van der Waals surface area contributed by atoms with Crippen molar-refractivity contribution in [2.45, 2.75) is 13.3 Å². The third kappa shape index (κ3) is 1.54. The van der Waals surface area contributed by atoms with Crippen molar-refractivity contribution in [3.8, 4) is 11.1 Å². The maximum absolute atomic E-state index is 4.31. The molecule has 17 heavy (non-hydrogen) atoms. The van der Waals surface area contributed by atoms with E-state index in [1.165, 1.54) is 28.1 Å². The number of aryl methyl sites for hydroxylation is 1. The highest BCUT2D eigenvalue weighted by Gasteiger charge is 2.16. The lowest BCUT2D eigenvalue weighted by Gasteiger charge is -2.12. The van der Waals surface area contributed by atoms with E-state index in [-0.39, 0.29) is 0 Å². The zero-order chi connectivity index (χ0) is 12.0. The maximum Gasteiger partial charge on any atom is 0.0571 e. The van der Waals surface area contributed by atoms with Gasteiger partial charge in [-0.1, -0.05) is 6.07 Å². The van der Waals surface area contributed by atoms with Crippen molar-refractivity contribution in [2.75, 3.05) is 18.5 Å². The number of hydrogen-bond donors (Lipinski definition) is 0. The van der Waals surface area contributed by atoms with E-state index < -0.39 is 0 Å². The quantitative estimate of drug-likeness (QED) is 0.746. The Morgan fingerprint density at radius 2 is 2.06 bits per heavy atom. The molecule has 0 saturated heterocycles. The molecule has 88 valence electrons. The second-order valence-corrected chi connectivity index (χ2v) is 4.78. The maximum atomic E-state index is 4.31. The zero-order valence-corrected chi connectivity index (χ0v) is 10.6. The highest BCUT2D eigenvalue weighted by atomic mass is 15.3. The predicted molar refractivity (Wildman–Crippen MR) is 70.4 cm³/mol. The first-order valence-electron chi connectivity index (χ1n) is 6.00. The normalized spacial score (nSPS) is 14.2. The van der Waals surface area contributed by atoms with Gasteiger partial charge < -0.3 is 4.90 Å². The molecule has 3 heteroatoms. The van der Waals surface area contributed by atoms with Crippen LogP contribution in [-0.4, -0.2) is 23.4 Å². The number of benzene rings is 1. The third-order valence-electron chi connectivity index (χ3n) is 3.75. The van der Waals surface area contributed by atoms with Crippen LogP contribution in [0.25, 0.3) is 11.1 Å². The van der Waals surface area contributed by atoms with Gasteiger partial charge in [-0.15, -0.1) is 0 Å². The molecule has 0 radical (unpaired) electrons. The highest BCUT2D eigenvalue weighted by molar-refractivity contribution is 5.71. The molecule has 0 unspecified atom stereocenters. The average Bonchev–Trinajstić information content (AvgIpc) is 2.85. The molecule has 0 bridgehead atoms. The van der Waals surface area contributed by atoms with Gasteiger partial charge in [0.15, 0.2) is 0 Å². The van der Waals surface area contributed by atoms with Gasteiger partial charge in [0.1, 0.15) is 0 Å². The molecule has 0 N–H and O–H groups in total. The summed E-state index contributed by atoms with van der Waals surface area (Å²) in [7, 11) is 4.14. The molecule has 0 fully saturated rings. The van der Waals surface area contributed by atoms with Crippen molar-refractivity contribution in [1.29, 1.82) is 0 Å². The topological polar surface area (TPSA) is 21.1 Å². The average molecular weight is 227 g/mol. The van der Waals surface area contributed by atoms with Crippen molar-refractivity contribution < 1.29 is 0 Å². The van der Waals surface area contributed by atoms with Gasteiger partial charge in [0, 0.05) is 37.6 Å².